The first-order valence-electron chi connectivity index (χ1n) is 5.48. The minimum absolute atomic E-state index is 0.550. The maximum Gasteiger partial charge on any atom is 0.191 e. The van der Waals surface area contributed by atoms with E-state index in [0.29, 0.717) is 6.54 Å². The van der Waals surface area contributed by atoms with Crippen molar-refractivity contribution in [2.24, 2.45) is 0 Å². The van der Waals surface area contributed by atoms with Crippen LogP contribution in [0.1, 0.15) is 11.5 Å². The van der Waals surface area contributed by atoms with Gasteiger partial charge < -0.3 is 15.2 Å². The molecule has 0 atom stereocenters. The van der Waals surface area contributed by atoms with E-state index in [-0.39, 0.29) is 0 Å². The van der Waals surface area contributed by atoms with Gasteiger partial charge in [0.1, 0.15) is 11.6 Å². The van der Waals surface area contributed by atoms with E-state index in [4.69, 9.17) is 4.52 Å². The SMILES string of the molecule is CNc1cc(NCc2cc(C)no2)nc(SC)n1. The summed E-state index contributed by atoms with van der Waals surface area (Å²) in [6.07, 6.45) is 1.94. The van der Waals surface area contributed by atoms with Gasteiger partial charge in [-0.15, -0.1) is 0 Å². The Hall–Kier alpha value is -1.76. The van der Waals surface area contributed by atoms with E-state index < -0.39 is 0 Å². The van der Waals surface area contributed by atoms with Gasteiger partial charge in [0.15, 0.2) is 10.9 Å². The van der Waals surface area contributed by atoms with Crippen LogP contribution in [-0.4, -0.2) is 28.4 Å². The molecule has 0 aliphatic rings. The average molecular weight is 265 g/mol. The molecule has 6 nitrogen and oxygen atoms in total. The van der Waals surface area contributed by atoms with Crippen LogP contribution in [0.2, 0.25) is 0 Å². The molecule has 0 unspecified atom stereocenters. The summed E-state index contributed by atoms with van der Waals surface area (Å²) in [5.74, 6) is 2.32. The molecule has 96 valence electrons. The highest BCUT2D eigenvalue weighted by Gasteiger charge is 2.05. The molecule has 0 aliphatic carbocycles. The van der Waals surface area contributed by atoms with Crippen molar-refractivity contribution in [3.8, 4) is 0 Å². The van der Waals surface area contributed by atoms with E-state index in [9.17, 15) is 0 Å². The van der Waals surface area contributed by atoms with E-state index in [2.05, 4.69) is 25.8 Å². The van der Waals surface area contributed by atoms with Gasteiger partial charge in [0.05, 0.1) is 12.2 Å². The maximum absolute atomic E-state index is 5.12. The molecular weight excluding hydrogens is 250 g/mol. The van der Waals surface area contributed by atoms with E-state index in [1.165, 1.54) is 11.8 Å². The van der Waals surface area contributed by atoms with Crippen molar-refractivity contribution < 1.29 is 4.52 Å². The summed E-state index contributed by atoms with van der Waals surface area (Å²) < 4.78 is 5.12. The second kappa shape index (κ2) is 5.72. The van der Waals surface area contributed by atoms with Crippen LogP contribution in [-0.2, 0) is 6.54 Å². The van der Waals surface area contributed by atoms with Gasteiger partial charge >= 0.3 is 0 Å². The quantitative estimate of drug-likeness (QED) is 0.633. The van der Waals surface area contributed by atoms with Gasteiger partial charge in [-0.25, -0.2) is 9.97 Å². The molecule has 0 amide bonds. The van der Waals surface area contributed by atoms with Gasteiger partial charge in [-0.3, -0.25) is 0 Å². The molecule has 18 heavy (non-hydrogen) atoms. The van der Waals surface area contributed by atoms with Crippen molar-refractivity contribution in [2.45, 2.75) is 18.6 Å². The highest BCUT2D eigenvalue weighted by Crippen LogP contribution is 2.17. The van der Waals surface area contributed by atoms with Crippen LogP contribution >= 0.6 is 11.8 Å². The molecule has 0 aromatic carbocycles. The van der Waals surface area contributed by atoms with Crippen LogP contribution in [0, 0.1) is 6.92 Å². The predicted molar refractivity (Wildman–Crippen MR) is 71.9 cm³/mol. The number of hydrogen-bond donors (Lipinski definition) is 2. The molecule has 2 aromatic rings. The van der Waals surface area contributed by atoms with Gasteiger partial charge in [0, 0.05) is 19.2 Å². The van der Waals surface area contributed by atoms with Crippen LogP contribution in [0.25, 0.3) is 0 Å². The fraction of sp³-hybridized carbons (Fsp3) is 0.364. The second-order valence-corrected chi connectivity index (χ2v) is 4.44. The van der Waals surface area contributed by atoms with Gasteiger partial charge in [-0.05, 0) is 13.2 Å². The fourth-order valence-electron chi connectivity index (χ4n) is 1.41. The highest BCUT2D eigenvalue weighted by molar-refractivity contribution is 7.98. The first-order chi connectivity index (χ1) is 8.71. The molecule has 2 N–H and O–H groups in total. The van der Waals surface area contributed by atoms with Gasteiger partial charge in [-0.1, -0.05) is 16.9 Å². The molecule has 0 saturated heterocycles. The third kappa shape index (κ3) is 3.13. The standard InChI is InChI=1S/C11H15N5OS/c1-7-4-8(17-16-7)6-13-10-5-9(12-2)14-11(15-10)18-3/h4-5H,6H2,1-3H3,(H2,12,13,14,15). The number of nitrogens with zero attached hydrogens (tertiary/aromatic N) is 3. The molecule has 0 bridgehead atoms. The molecule has 2 aromatic heterocycles. The Morgan fingerprint density at radius 1 is 1.28 bits per heavy atom. The van der Waals surface area contributed by atoms with E-state index >= 15 is 0 Å². The molecule has 0 aliphatic heterocycles. The second-order valence-electron chi connectivity index (χ2n) is 3.66. The normalized spacial score (nSPS) is 10.4. The third-order valence-electron chi connectivity index (χ3n) is 2.26. The number of rotatable bonds is 5. The van der Waals surface area contributed by atoms with Crippen molar-refractivity contribution in [1.29, 1.82) is 0 Å². The van der Waals surface area contributed by atoms with E-state index in [1.54, 1.807) is 0 Å². The van der Waals surface area contributed by atoms with Gasteiger partial charge in [0.2, 0.25) is 0 Å². The Bertz CT molecular complexity index is 506. The first-order valence-corrected chi connectivity index (χ1v) is 6.70. The highest BCUT2D eigenvalue weighted by atomic mass is 32.2. The van der Waals surface area contributed by atoms with Crippen LogP contribution < -0.4 is 10.6 Å². The summed E-state index contributed by atoms with van der Waals surface area (Å²) in [4.78, 5) is 8.65. The molecule has 2 heterocycles. The minimum atomic E-state index is 0.550. The Kier molecular flexibility index (Phi) is 4.03. The summed E-state index contributed by atoms with van der Waals surface area (Å²) in [6.45, 7) is 2.44. The zero-order valence-corrected chi connectivity index (χ0v) is 11.3. The number of anilines is 2. The lowest BCUT2D eigenvalue weighted by Crippen LogP contribution is -2.04. The Balaban J connectivity index is 2.08. The molecule has 0 saturated carbocycles. The van der Waals surface area contributed by atoms with Crippen LogP contribution in [0.3, 0.4) is 0 Å². The van der Waals surface area contributed by atoms with E-state index in [0.717, 1.165) is 28.2 Å². The monoisotopic (exact) mass is 265 g/mol. The number of aryl methyl sites for hydroxylation is 1. The lowest BCUT2D eigenvalue weighted by atomic mass is 10.4. The summed E-state index contributed by atoms with van der Waals surface area (Å²) in [5, 5.41) is 10.7. The molecule has 0 radical (unpaired) electrons. The van der Waals surface area contributed by atoms with E-state index in [1.807, 2.05) is 32.4 Å². The molecule has 2 rings (SSSR count). The fourth-order valence-corrected chi connectivity index (χ4v) is 1.79. The largest absolute Gasteiger partial charge is 0.373 e. The predicted octanol–water partition coefficient (Wildman–Crippen LogP) is 2.15. The zero-order chi connectivity index (χ0) is 13.0. The molecule has 0 fully saturated rings. The van der Waals surface area contributed by atoms with Crippen molar-refractivity contribution in [3.63, 3.8) is 0 Å². The smallest absolute Gasteiger partial charge is 0.191 e. The number of nitrogens with one attached hydrogen (secondary N) is 2. The number of hydrogen-bond acceptors (Lipinski definition) is 7. The molecule has 0 spiro atoms. The topological polar surface area (TPSA) is 75.9 Å². The zero-order valence-electron chi connectivity index (χ0n) is 10.5. The summed E-state index contributed by atoms with van der Waals surface area (Å²) in [6, 6.07) is 3.74. The Labute approximate surface area is 110 Å². The van der Waals surface area contributed by atoms with Crippen molar-refractivity contribution in [2.75, 3.05) is 23.9 Å². The average Bonchev–Trinajstić information content (AvgIpc) is 2.81. The third-order valence-corrected chi connectivity index (χ3v) is 2.81. The van der Waals surface area contributed by atoms with Crippen LogP contribution in [0.4, 0.5) is 11.6 Å². The Morgan fingerprint density at radius 3 is 2.67 bits per heavy atom. The summed E-state index contributed by atoms with van der Waals surface area (Å²) in [7, 11) is 1.83. The van der Waals surface area contributed by atoms with Crippen LogP contribution in [0.5, 0.6) is 0 Å². The Morgan fingerprint density at radius 2 is 2.06 bits per heavy atom. The van der Waals surface area contributed by atoms with Gasteiger partial charge in [0.25, 0.3) is 0 Å². The minimum Gasteiger partial charge on any atom is -0.373 e. The number of thioether (sulfide) groups is 1. The van der Waals surface area contributed by atoms with Crippen molar-refractivity contribution in [3.05, 3.63) is 23.6 Å². The van der Waals surface area contributed by atoms with Crippen molar-refractivity contribution >= 4 is 23.4 Å². The number of aromatic nitrogens is 3. The summed E-state index contributed by atoms with van der Waals surface area (Å²) in [5.41, 5.74) is 0.871. The molecule has 7 heteroatoms. The van der Waals surface area contributed by atoms with Crippen molar-refractivity contribution in [1.82, 2.24) is 15.1 Å². The van der Waals surface area contributed by atoms with Gasteiger partial charge in [-0.2, -0.15) is 0 Å². The molecular formula is C11H15N5OS. The lowest BCUT2D eigenvalue weighted by Gasteiger charge is -2.07. The lowest BCUT2D eigenvalue weighted by molar-refractivity contribution is 0.384. The first kappa shape index (κ1) is 12.7. The van der Waals surface area contributed by atoms with Crippen LogP contribution in [0.15, 0.2) is 21.8 Å². The summed E-state index contributed by atoms with van der Waals surface area (Å²) >= 11 is 1.50. The maximum atomic E-state index is 5.12.